The van der Waals surface area contributed by atoms with Gasteiger partial charge in [-0.25, -0.2) is 9.07 Å². The Labute approximate surface area is 102 Å². The van der Waals surface area contributed by atoms with Crippen LogP contribution in [0, 0.1) is 5.82 Å². The van der Waals surface area contributed by atoms with Crippen LogP contribution >= 0.6 is 0 Å². The maximum absolute atomic E-state index is 13.1. The van der Waals surface area contributed by atoms with E-state index >= 15 is 0 Å². The number of nitrogen functional groups attached to an aromatic ring is 1. The van der Waals surface area contributed by atoms with Crippen molar-refractivity contribution in [2.45, 2.75) is 0 Å². The van der Waals surface area contributed by atoms with Crippen molar-refractivity contribution in [3.8, 4) is 16.9 Å². The number of hydrogen-bond donors (Lipinski definition) is 1. The van der Waals surface area contributed by atoms with Crippen molar-refractivity contribution in [3.63, 3.8) is 0 Å². The quantitative estimate of drug-likeness (QED) is 0.752. The smallest absolute Gasteiger partial charge is 0.125 e. The summed E-state index contributed by atoms with van der Waals surface area (Å²) < 4.78 is 19.7. The molecular weight excluding hydrogens is 233 g/mol. The van der Waals surface area contributed by atoms with E-state index in [9.17, 15) is 4.39 Å². The third kappa shape index (κ3) is 1.75. The molecule has 0 bridgehead atoms. The molecule has 0 saturated heterocycles. The van der Waals surface area contributed by atoms with E-state index in [0.29, 0.717) is 17.1 Å². The van der Waals surface area contributed by atoms with Crippen molar-refractivity contribution in [2.24, 2.45) is 0 Å². The van der Waals surface area contributed by atoms with Gasteiger partial charge in [0.1, 0.15) is 11.5 Å². The molecule has 2 heterocycles. The Balaban J connectivity index is 2.08. The number of benzene rings is 1. The van der Waals surface area contributed by atoms with Gasteiger partial charge in [-0.2, -0.15) is 5.10 Å². The molecule has 4 nitrogen and oxygen atoms in total. The summed E-state index contributed by atoms with van der Waals surface area (Å²) in [7, 11) is 0. The molecule has 0 fully saturated rings. The second-order valence-corrected chi connectivity index (χ2v) is 3.87. The van der Waals surface area contributed by atoms with Gasteiger partial charge >= 0.3 is 0 Å². The molecule has 5 heteroatoms. The van der Waals surface area contributed by atoms with Gasteiger partial charge in [0.05, 0.1) is 30.1 Å². The molecule has 0 amide bonds. The first-order valence-electron chi connectivity index (χ1n) is 5.38. The topological polar surface area (TPSA) is 57.0 Å². The first-order valence-corrected chi connectivity index (χ1v) is 5.38. The molecule has 0 saturated carbocycles. The van der Waals surface area contributed by atoms with E-state index in [0.717, 1.165) is 5.56 Å². The van der Waals surface area contributed by atoms with Gasteiger partial charge in [-0.1, -0.05) is 6.07 Å². The van der Waals surface area contributed by atoms with E-state index in [1.54, 1.807) is 41.6 Å². The number of furan rings is 1. The predicted molar refractivity (Wildman–Crippen MR) is 65.6 cm³/mol. The van der Waals surface area contributed by atoms with Crippen molar-refractivity contribution >= 4 is 5.69 Å². The lowest BCUT2D eigenvalue weighted by Gasteiger charge is -2.00. The van der Waals surface area contributed by atoms with Crippen LogP contribution in [-0.4, -0.2) is 9.78 Å². The zero-order valence-corrected chi connectivity index (χ0v) is 9.38. The largest absolute Gasteiger partial charge is 0.472 e. The lowest BCUT2D eigenvalue weighted by Crippen LogP contribution is -1.95. The summed E-state index contributed by atoms with van der Waals surface area (Å²) in [4.78, 5) is 0. The molecule has 2 aromatic heterocycles. The molecule has 0 radical (unpaired) electrons. The van der Waals surface area contributed by atoms with Crippen LogP contribution < -0.4 is 5.73 Å². The second-order valence-electron chi connectivity index (χ2n) is 3.87. The van der Waals surface area contributed by atoms with Gasteiger partial charge in [0.2, 0.25) is 0 Å². The van der Waals surface area contributed by atoms with Crippen LogP contribution in [0.1, 0.15) is 0 Å². The number of hydrogen-bond acceptors (Lipinski definition) is 3. The summed E-state index contributed by atoms with van der Waals surface area (Å²) in [6.07, 6.45) is 4.77. The van der Waals surface area contributed by atoms with E-state index in [2.05, 4.69) is 5.10 Å². The average molecular weight is 243 g/mol. The minimum atomic E-state index is -0.313. The Morgan fingerprint density at radius 3 is 2.89 bits per heavy atom. The fraction of sp³-hybridized carbons (Fsp3) is 0. The lowest BCUT2D eigenvalue weighted by atomic mass is 10.2. The van der Waals surface area contributed by atoms with Gasteiger partial charge in [0.15, 0.2) is 0 Å². The molecule has 0 atom stereocenters. The van der Waals surface area contributed by atoms with Crippen LogP contribution in [0.25, 0.3) is 16.9 Å². The molecule has 0 spiro atoms. The molecule has 3 rings (SSSR count). The van der Waals surface area contributed by atoms with E-state index in [1.165, 1.54) is 12.1 Å². The van der Waals surface area contributed by atoms with Crippen LogP contribution in [0.15, 0.2) is 53.5 Å². The SMILES string of the molecule is Nc1cn(-c2cccc(F)c2)nc1-c1ccoc1. The third-order valence-electron chi connectivity index (χ3n) is 2.61. The third-order valence-corrected chi connectivity index (χ3v) is 2.61. The molecule has 0 aliphatic heterocycles. The number of aromatic nitrogens is 2. The Hall–Kier alpha value is -2.56. The van der Waals surface area contributed by atoms with Crippen LogP contribution in [0.5, 0.6) is 0 Å². The molecule has 0 unspecified atom stereocenters. The molecule has 90 valence electrons. The number of nitrogens with zero attached hydrogens (tertiary/aromatic N) is 2. The van der Waals surface area contributed by atoms with E-state index < -0.39 is 0 Å². The number of rotatable bonds is 2. The Kier molecular flexibility index (Phi) is 2.37. The number of anilines is 1. The molecular formula is C13H10FN3O. The Bertz CT molecular complexity index is 673. The molecule has 3 aromatic rings. The van der Waals surface area contributed by atoms with Gasteiger partial charge in [-0.3, -0.25) is 0 Å². The van der Waals surface area contributed by atoms with Crippen molar-refractivity contribution < 1.29 is 8.81 Å². The number of nitrogens with two attached hydrogens (primary N) is 1. The summed E-state index contributed by atoms with van der Waals surface area (Å²) in [5, 5.41) is 4.33. The van der Waals surface area contributed by atoms with Crippen LogP contribution in [0.4, 0.5) is 10.1 Å². The van der Waals surface area contributed by atoms with Gasteiger partial charge < -0.3 is 10.2 Å². The summed E-state index contributed by atoms with van der Waals surface area (Å²) in [5.74, 6) is -0.313. The highest BCUT2D eigenvalue weighted by atomic mass is 19.1. The Morgan fingerprint density at radius 2 is 2.17 bits per heavy atom. The summed E-state index contributed by atoms with van der Waals surface area (Å²) >= 11 is 0. The zero-order valence-electron chi connectivity index (χ0n) is 9.38. The van der Waals surface area contributed by atoms with E-state index in [1.807, 2.05) is 0 Å². The molecule has 1 aromatic carbocycles. The fourth-order valence-corrected chi connectivity index (χ4v) is 1.76. The highest BCUT2D eigenvalue weighted by Gasteiger charge is 2.10. The van der Waals surface area contributed by atoms with Gasteiger partial charge in [0.25, 0.3) is 0 Å². The van der Waals surface area contributed by atoms with Gasteiger partial charge in [-0.05, 0) is 24.3 Å². The average Bonchev–Trinajstić information content (AvgIpc) is 2.97. The summed E-state index contributed by atoms with van der Waals surface area (Å²) in [6, 6.07) is 7.93. The van der Waals surface area contributed by atoms with Crippen LogP contribution in [-0.2, 0) is 0 Å². The van der Waals surface area contributed by atoms with Crippen molar-refractivity contribution in [3.05, 3.63) is 54.9 Å². The minimum absolute atomic E-state index is 0.313. The first-order chi connectivity index (χ1) is 8.74. The molecule has 18 heavy (non-hydrogen) atoms. The summed E-state index contributed by atoms with van der Waals surface area (Å²) in [5.41, 5.74) is 8.44. The molecule has 2 N–H and O–H groups in total. The van der Waals surface area contributed by atoms with E-state index in [4.69, 9.17) is 10.2 Å². The normalized spacial score (nSPS) is 10.7. The molecule has 0 aliphatic carbocycles. The lowest BCUT2D eigenvalue weighted by molar-refractivity contribution is 0.568. The maximum Gasteiger partial charge on any atom is 0.125 e. The highest BCUT2D eigenvalue weighted by molar-refractivity contribution is 5.71. The number of halogens is 1. The van der Waals surface area contributed by atoms with Gasteiger partial charge in [0, 0.05) is 5.56 Å². The predicted octanol–water partition coefficient (Wildman–Crippen LogP) is 2.85. The standard InChI is InChI=1S/C13H10FN3O/c14-10-2-1-3-11(6-10)17-7-12(15)13(16-17)9-4-5-18-8-9/h1-8H,15H2. The fourth-order valence-electron chi connectivity index (χ4n) is 1.76. The van der Waals surface area contributed by atoms with Crippen molar-refractivity contribution in [1.82, 2.24) is 9.78 Å². The second kappa shape index (κ2) is 4.03. The zero-order chi connectivity index (χ0) is 12.5. The van der Waals surface area contributed by atoms with Crippen LogP contribution in [0.3, 0.4) is 0 Å². The highest BCUT2D eigenvalue weighted by Crippen LogP contribution is 2.25. The van der Waals surface area contributed by atoms with Crippen molar-refractivity contribution in [1.29, 1.82) is 0 Å². The summed E-state index contributed by atoms with van der Waals surface area (Å²) in [6.45, 7) is 0. The van der Waals surface area contributed by atoms with Gasteiger partial charge in [-0.15, -0.1) is 0 Å². The van der Waals surface area contributed by atoms with Crippen molar-refractivity contribution in [2.75, 3.05) is 5.73 Å². The monoisotopic (exact) mass is 243 g/mol. The van der Waals surface area contributed by atoms with E-state index in [-0.39, 0.29) is 5.82 Å². The minimum Gasteiger partial charge on any atom is -0.472 e. The molecule has 0 aliphatic rings. The van der Waals surface area contributed by atoms with Crippen LogP contribution in [0.2, 0.25) is 0 Å². The Morgan fingerprint density at radius 1 is 1.28 bits per heavy atom. The first kappa shape index (κ1) is 10.6. The maximum atomic E-state index is 13.1.